The first-order valence-corrected chi connectivity index (χ1v) is 9.62. The lowest BCUT2D eigenvalue weighted by molar-refractivity contribution is -0.121. The van der Waals surface area contributed by atoms with Crippen molar-refractivity contribution in [3.8, 4) is 0 Å². The molecule has 15 heteroatoms. The van der Waals surface area contributed by atoms with Crippen LogP contribution in [0, 0.1) is 5.53 Å². The maximum Gasteiger partial charge on any atom is 0.233 e. The van der Waals surface area contributed by atoms with Crippen LogP contribution in [-0.4, -0.2) is 66.2 Å². The second kappa shape index (κ2) is 9.21. The summed E-state index contributed by atoms with van der Waals surface area (Å²) in [5.74, 6) is 5.47. The number of nitrogens with one attached hydrogen (secondary N) is 2. The van der Waals surface area contributed by atoms with Crippen LogP contribution in [0.25, 0.3) is 11.2 Å². The zero-order valence-electron chi connectivity index (χ0n) is 15.2. The molecule has 1 aliphatic heterocycles. The molecular weight excluding hydrogens is 404 g/mol. The summed E-state index contributed by atoms with van der Waals surface area (Å²) < 4.78 is 7.31. The number of fused-ring (bicyclic) bond motifs is 1. The molecule has 0 unspecified atom stereocenters. The number of carbonyl (C=O) groups excluding carboxylic acids is 1. The molecule has 1 saturated heterocycles. The maximum absolute atomic E-state index is 11.3. The van der Waals surface area contributed by atoms with E-state index in [1.54, 1.807) is 0 Å². The average Bonchev–Trinajstić information content (AvgIpc) is 3.22. The number of imidazole rings is 1. The molecule has 0 aliphatic carbocycles. The lowest BCUT2D eigenvalue weighted by Gasteiger charge is -2.19. The Labute approximate surface area is 168 Å². The minimum Gasteiger partial charge on any atom is -0.387 e. The van der Waals surface area contributed by atoms with E-state index in [1.807, 2.05) is 0 Å². The van der Waals surface area contributed by atoms with Gasteiger partial charge >= 0.3 is 0 Å². The molecular formula is C14H21N10O4S+. The quantitative estimate of drug-likeness (QED) is 0.0542. The second-order valence-electron chi connectivity index (χ2n) is 6.19. The molecule has 1 fully saturated rings. The number of thioether (sulfide) groups is 1. The fraction of sp³-hybridized carbons (Fsp3) is 0.571. The molecule has 2 aromatic heterocycles. The topological polar surface area (TPSA) is 225 Å². The van der Waals surface area contributed by atoms with Gasteiger partial charge in [0.1, 0.15) is 35.3 Å². The Morgan fingerprint density at radius 2 is 2.24 bits per heavy atom. The van der Waals surface area contributed by atoms with Crippen LogP contribution in [0.15, 0.2) is 16.6 Å². The second-order valence-corrected chi connectivity index (χ2v) is 7.25. The molecule has 0 bridgehead atoms. The van der Waals surface area contributed by atoms with Crippen molar-refractivity contribution in [2.24, 2.45) is 11.0 Å². The summed E-state index contributed by atoms with van der Waals surface area (Å²) in [4.78, 5) is 26.7. The Bertz CT molecular complexity index is 933. The molecule has 0 radical (unpaired) electrons. The number of hydrazine groups is 1. The number of amides is 1. The van der Waals surface area contributed by atoms with Crippen LogP contribution in [0.5, 0.6) is 0 Å². The highest BCUT2D eigenvalue weighted by Gasteiger charge is 2.46. The molecule has 156 valence electrons. The number of hydrogen-bond acceptors (Lipinski definition) is 12. The van der Waals surface area contributed by atoms with Crippen molar-refractivity contribution in [2.75, 3.05) is 18.0 Å². The van der Waals surface area contributed by atoms with Crippen LogP contribution in [0.1, 0.15) is 19.1 Å². The lowest BCUT2D eigenvalue weighted by Crippen LogP contribution is -2.33. The van der Waals surface area contributed by atoms with Gasteiger partial charge in [-0.05, 0) is 6.42 Å². The van der Waals surface area contributed by atoms with Crippen molar-refractivity contribution in [3.05, 3.63) is 6.33 Å². The van der Waals surface area contributed by atoms with Crippen LogP contribution < -0.4 is 21.9 Å². The number of hydrogen-bond donors (Lipinski definition) is 6. The molecule has 3 heterocycles. The monoisotopic (exact) mass is 425 g/mol. The zero-order chi connectivity index (χ0) is 21.0. The SMILES string of the molecule is N=[N+]=NC[C@H]1O[C@@H](n2c(SCCCC(=O)NN)nc3c(N)ncnc32)[C@H](O)[C@@H]1O. The number of rotatable bonds is 8. The number of nitrogens with two attached hydrogens (primary N) is 2. The molecule has 1 aliphatic rings. The van der Waals surface area contributed by atoms with E-state index in [9.17, 15) is 15.0 Å². The van der Waals surface area contributed by atoms with Crippen molar-refractivity contribution in [2.45, 2.75) is 42.5 Å². The molecule has 8 N–H and O–H groups in total. The molecule has 4 atom stereocenters. The van der Waals surface area contributed by atoms with Gasteiger partial charge in [0.05, 0.1) is 0 Å². The number of carbonyl (C=O) groups is 1. The fourth-order valence-corrected chi connectivity index (χ4v) is 3.88. The first-order chi connectivity index (χ1) is 14.0. The van der Waals surface area contributed by atoms with Crippen molar-refractivity contribution < 1.29 is 19.7 Å². The molecule has 1 amide bonds. The largest absolute Gasteiger partial charge is 0.387 e. The summed E-state index contributed by atoms with van der Waals surface area (Å²) in [6.07, 6.45) is -2.37. The van der Waals surface area contributed by atoms with E-state index in [0.29, 0.717) is 28.5 Å². The van der Waals surface area contributed by atoms with Gasteiger partial charge in [0, 0.05) is 12.2 Å². The van der Waals surface area contributed by atoms with Gasteiger partial charge in [-0.2, -0.15) is 0 Å². The summed E-state index contributed by atoms with van der Waals surface area (Å²) >= 11 is 1.31. The number of nitrogens with zero attached hydrogens (tertiary/aromatic N) is 6. The number of aliphatic hydroxyl groups is 2. The van der Waals surface area contributed by atoms with Gasteiger partial charge in [-0.25, -0.2) is 20.8 Å². The first-order valence-electron chi connectivity index (χ1n) is 8.63. The van der Waals surface area contributed by atoms with Crippen molar-refractivity contribution in [1.82, 2.24) is 29.9 Å². The molecule has 3 rings (SSSR count). The standard InChI is InChI=1S/C14H20N10O4S/c15-11-8-12(19-5-18-11)24(14(21-8)29-3-1-2-7(25)22-16)13-10(27)9(26)6(28-13)4-20-23-17/h5-6,9-10,13,16,26-27H,1-4H2,(H4,15,17,18,19,20)/p+1/t6-,9-,10-,13-/m1/s1. The summed E-state index contributed by atoms with van der Waals surface area (Å²) in [6, 6.07) is 0. The molecule has 14 nitrogen and oxygen atoms in total. The molecule has 29 heavy (non-hydrogen) atoms. The van der Waals surface area contributed by atoms with E-state index in [0.717, 1.165) is 0 Å². The van der Waals surface area contributed by atoms with Gasteiger partial charge in [-0.1, -0.05) is 11.8 Å². The molecule has 2 aromatic rings. The Balaban J connectivity index is 1.90. The van der Waals surface area contributed by atoms with Gasteiger partial charge < -0.3 is 20.7 Å². The van der Waals surface area contributed by atoms with E-state index < -0.39 is 24.5 Å². The summed E-state index contributed by atoms with van der Waals surface area (Å²) in [5.41, 5.74) is 15.4. The summed E-state index contributed by atoms with van der Waals surface area (Å²) in [7, 11) is 0. The van der Waals surface area contributed by atoms with Crippen molar-refractivity contribution in [3.63, 3.8) is 0 Å². The van der Waals surface area contributed by atoms with Crippen LogP contribution >= 0.6 is 11.8 Å². The number of aromatic nitrogens is 4. The van der Waals surface area contributed by atoms with Crippen molar-refractivity contribution in [1.29, 1.82) is 5.53 Å². The van der Waals surface area contributed by atoms with Crippen LogP contribution in [0.2, 0.25) is 0 Å². The van der Waals surface area contributed by atoms with Crippen LogP contribution in [0.4, 0.5) is 5.82 Å². The minimum absolute atomic E-state index is 0.0847. The molecule has 0 spiro atoms. The third-order valence-electron chi connectivity index (χ3n) is 4.34. The highest BCUT2D eigenvalue weighted by Crippen LogP contribution is 2.36. The highest BCUT2D eigenvalue weighted by molar-refractivity contribution is 7.99. The predicted molar refractivity (Wildman–Crippen MR) is 100 cm³/mol. The zero-order valence-corrected chi connectivity index (χ0v) is 16.0. The van der Waals surface area contributed by atoms with E-state index in [-0.39, 0.29) is 24.7 Å². The van der Waals surface area contributed by atoms with Crippen LogP contribution in [-0.2, 0) is 9.53 Å². The summed E-state index contributed by atoms with van der Waals surface area (Å²) in [6.45, 7) is -0.0847. The van der Waals surface area contributed by atoms with Gasteiger partial charge in [0.2, 0.25) is 10.8 Å². The number of aliphatic hydroxyl groups excluding tert-OH is 2. The van der Waals surface area contributed by atoms with Gasteiger partial charge in [-0.15, -0.1) is 0 Å². The van der Waals surface area contributed by atoms with E-state index in [4.69, 9.17) is 21.8 Å². The Morgan fingerprint density at radius 3 is 2.97 bits per heavy atom. The van der Waals surface area contributed by atoms with E-state index in [2.05, 4.69) is 30.4 Å². The Hall–Kier alpha value is -2.68. The van der Waals surface area contributed by atoms with Gasteiger partial charge in [-0.3, -0.25) is 14.8 Å². The van der Waals surface area contributed by atoms with Crippen molar-refractivity contribution >= 4 is 34.7 Å². The Kier molecular flexibility index (Phi) is 6.68. The predicted octanol–water partition coefficient (Wildman–Crippen LogP) is -1.56. The first kappa shape index (κ1) is 21.0. The number of nitrogen functional groups attached to an aromatic ring is 1. The van der Waals surface area contributed by atoms with Gasteiger partial charge in [0.25, 0.3) is 0 Å². The average molecular weight is 425 g/mol. The lowest BCUT2D eigenvalue weighted by atomic mass is 10.1. The Morgan fingerprint density at radius 1 is 1.45 bits per heavy atom. The third kappa shape index (κ3) is 4.34. The maximum atomic E-state index is 11.3. The smallest absolute Gasteiger partial charge is 0.233 e. The summed E-state index contributed by atoms with van der Waals surface area (Å²) in [5, 5.41) is 24.8. The fourth-order valence-electron chi connectivity index (χ4n) is 2.92. The molecule has 0 saturated carbocycles. The molecule has 0 aromatic carbocycles. The minimum atomic E-state index is -1.29. The van der Waals surface area contributed by atoms with Gasteiger partial charge in [0.15, 0.2) is 34.9 Å². The van der Waals surface area contributed by atoms with E-state index in [1.165, 1.54) is 22.7 Å². The normalized spacial score (nSPS) is 23.8. The third-order valence-corrected chi connectivity index (χ3v) is 5.38. The number of anilines is 1. The van der Waals surface area contributed by atoms with Crippen LogP contribution in [0.3, 0.4) is 0 Å². The highest BCUT2D eigenvalue weighted by atomic mass is 32.2. The number of ether oxygens (including phenoxy) is 1. The van der Waals surface area contributed by atoms with E-state index >= 15 is 0 Å².